The minimum atomic E-state index is -0.216. The molecule has 0 radical (unpaired) electrons. The summed E-state index contributed by atoms with van der Waals surface area (Å²) in [4.78, 5) is 18.2. The summed E-state index contributed by atoms with van der Waals surface area (Å²) in [5.41, 5.74) is 7.24. The molecule has 0 heterocycles. The third-order valence-corrected chi connectivity index (χ3v) is 7.74. The number of allylic oxidation sites excluding steroid dienone is 2. The van der Waals surface area contributed by atoms with Crippen LogP contribution < -0.4 is 5.32 Å². The highest BCUT2D eigenvalue weighted by molar-refractivity contribution is 6.12. The molecule has 0 fully saturated rings. The van der Waals surface area contributed by atoms with E-state index >= 15 is 0 Å². The number of rotatable bonds is 13. The molecule has 4 aromatic carbocycles. The predicted molar refractivity (Wildman–Crippen MR) is 193 cm³/mol. The summed E-state index contributed by atoms with van der Waals surface area (Å²) >= 11 is 0. The number of hydrogen-bond acceptors (Lipinski definition) is 3. The summed E-state index contributed by atoms with van der Waals surface area (Å²) < 4.78 is 0. The maximum Gasteiger partial charge on any atom is 0.161 e. The zero-order chi connectivity index (χ0) is 32.1. The van der Waals surface area contributed by atoms with E-state index in [2.05, 4.69) is 104 Å². The Morgan fingerprint density at radius 1 is 0.756 bits per heavy atom. The Labute approximate surface area is 268 Å². The number of aliphatic imine (C=N–C) groups is 4. The van der Waals surface area contributed by atoms with Crippen molar-refractivity contribution in [2.75, 3.05) is 6.54 Å². The quantitative estimate of drug-likeness (QED) is 0.0944. The van der Waals surface area contributed by atoms with Crippen molar-refractivity contribution in [1.82, 2.24) is 5.32 Å². The van der Waals surface area contributed by atoms with Crippen LogP contribution in [0.2, 0.25) is 0 Å². The Morgan fingerprint density at radius 2 is 1.31 bits per heavy atom. The smallest absolute Gasteiger partial charge is 0.161 e. The first kappa shape index (κ1) is 32.6. The van der Waals surface area contributed by atoms with Crippen LogP contribution in [0, 0.1) is 0 Å². The van der Waals surface area contributed by atoms with Crippen LogP contribution in [-0.4, -0.2) is 31.7 Å². The first-order valence-corrected chi connectivity index (χ1v) is 14.9. The summed E-state index contributed by atoms with van der Waals surface area (Å²) in [7, 11) is 0. The molecule has 1 atom stereocenters. The van der Waals surface area contributed by atoms with Crippen LogP contribution >= 0.6 is 0 Å². The first-order chi connectivity index (χ1) is 21.9. The first-order valence-electron chi connectivity index (χ1n) is 14.9. The number of benzene rings is 4. The molecule has 1 unspecified atom stereocenters. The molecule has 0 saturated heterocycles. The molecule has 4 aromatic rings. The molecule has 0 aliphatic carbocycles. The van der Waals surface area contributed by atoms with Crippen molar-refractivity contribution < 1.29 is 0 Å². The molecule has 0 aliphatic heterocycles. The van der Waals surface area contributed by atoms with Crippen LogP contribution in [0.4, 0.5) is 0 Å². The molecular formula is C40H41N5. The number of nitrogens with zero attached hydrogens (tertiary/aromatic N) is 4. The van der Waals surface area contributed by atoms with Crippen LogP contribution in [0.3, 0.4) is 0 Å². The molecular weight excluding hydrogens is 550 g/mol. The van der Waals surface area contributed by atoms with E-state index in [4.69, 9.17) is 9.98 Å². The van der Waals surface area contributed by atoms with Crippen molar-refractivity contribution >= 4 is 25.1 Å². The molecule has 0 saturated carbocycles. The molecule has 4 rings (SSSR count). The van der Waals surface area contributed by atoms with Gasteiger partial charge in [-0.3, -0.25) is 15.3 Å². The lowest BCUT2D eigenvalue weighted by atomic mass is 9.77. The predicted octanol–water partition coefficient (Wildman–Crippen LogP) is 8.69. The highest BCUT2D eigenvalue weighted by Crippen LogP contribution is 2.32. The second-order valence-electron chi connectivity index (χ2n) is 11.1. The van der Waals surface area contributed by atoms with Crippen molar-refractivity contribution in [2.45, 2.75) is 32.0 Å². The van der Waals surface area contributed by atoms with Crippen molar-refractivity contribution in [3.63, 3.8) is 0 Å². The minimum Gasteiger partial charge on any atom is -0.288 e. The third-order valence-electron chi connectivity index (χ3n) is 7.74. The number of nitrogens with one attached hydrogen (secondary N) is 1. The topological polar surface area (TPSA) is 61.5 Å². The molecule has 0 bridgehead atoms. The molecule has 0 spiro atoms. The van der Waals surface area contributed by atoms with Gasteiger partial charge in [-0.25, -0.2) is 9.98 Å². The average molecular weight is 592 g/mol. The maximum absolute atomic E-state index is 4.91. The Morgan fingerprint density at radius 3 is 1.82 bits per heavy atom. The van der Waals surface area contributed by atoms with Crippen LogP contribution in [-0.2, 0) is 12.0 Å². The molecule has 0 amide bonds. The Bertz CT molecular complexity index is 1680. The Kier molecular flexibility index (Phi) is 11.6. The Balaban J connectivity index is 1.51. The van der Waals surface area contributed by atoms with Gasteiger partial charge in [0.15, 0.2) is 11.7 Å². The van der Waals surface area contributed by atoms with Crippen LogP contribution in [0.25, 0.3) is 0 Å². The van der Waals surface area contributed by atoms with Gasteiger partial charge in [0.2, 0.25) is 0 Å². The van der Waals surface area contributed by atoms with E-state index in [9.17, 15) is 0 Å². The summed E-state index contributed by atoms with van der Waals surface area (Å²) in [6, 6.07) is 37.0. The fraction of sp³-hybridized carbons (Fsp3) is 0.150. The van der Waals surface area contributed by atoms with Gasteiger partial charge in [-0.05, 0) is 41.3 Å². The zero-order valence-corrected chi connectivity index (χ0v) is 26.2. The van der Waals surface area contributed by atoms with Crippen LogP contribution in [0.1, 0.15) is 53.4 Å². The SMILES string of the molecule is C=C/C=C(\C=C)CNC(N=C)c1ccc(C(C)(C)c2ccc(CN=C(N=C(N=C)c3ccccc3)c3ccccc3)cc2)cc1. The van der Waals surface area contributed by atoms with Crippen molar-refractivity contribution in [1.29, 1.82) is 0 Å². The average Bonchev–Trinajstić information content (AvgIpc) is 3.09. The van der Waals surface area contributed by atoms with Gasteiger partial charge in [-0.2, -0.15) is 0 Å². The fourth-order valence-corrected chi connectivity index (χ4v) is 4.95. The van der Waals surface area contributed by atoms with Gasteiger partial charge in [-0.1, -0.05) is 154 Å². The Hall–Kier alpha value is -5.26. The van der Waals surface area contributed by atoms with E-state index in [1.807, 2.05) is 72.8 Å². The largest absolute Gasteiger partial charge is 0.288 e. The van der Waals surface area contributed by atoms with Gasteiger partial charge in [-0.15, -0.1) is 0 Å². The van der Waals surface area contributed by atoms with Gasteiger partial charge in [0.1, 0.15) is 6.17 Å². The lowest BCUT2D eigenvalue weighted by Crippen LogP contribution is -2.22. The van der Waals surface area contributed by atoms with Crippen molar-refractivity contribution in [3.8, 4) is 0 Å². The lowest BCUT2D eigenvalue weighted by Gasteiger charge is -2.27. The third kappa shape index (κ3) is 8.65. The van der Waals surface area contributed by atoms with Crippen molar-refractivity contribution in [3.05, 3.63) is 180 Å². The van der Waals surface area contributed by atoms with E-state index < -0.39 is 0 Å². The number of amidine groups is 2. The summed E-state index contributed by atoms with van der Waals surface area (Å²) in [5.74, 6) is 1.16. The molecule has 45 heavy (non-hydrogen) atoms. The second kappa shape index (κ2) is 16.0. The molecule has 5 heteroatoms. The molecule has 1 N–H and O–H groups in total. The molecule has 226 valence electrons. The monoisotopic (exact) mass is 591 g/mol. The fourth-order valence-electron chi connectivity index (χ4n) is 4.95. The standard InChI is InChI=1S/C40H41N5/c1-7-15-30(8-2)28-43-37(41-5)34-22-26-36(27-23-34)40(3,4)35-24-20-31(21-25-35)29-44-39(33-18-13-10-14-19-33)45-38(42-6)32-16-11-9-12-17-32/h7-27,37,43H,1-2,5-6,28-29H2,3-4H3/b30-15+,44-39?,45-38?. The highest BCUT2D eigenvalue weighted by Gasteiger charge is 2.23. The second-order valence-corrected chi connectivity index (χ2v) is 11.1. The van der Waals surface area contributed by atoms with Gasteiger partial charge in [0.25, 0.3) is 0 Å². The summed E-state index contributed by atoms with van der Waals surface area (Å²) in [6.07, 6.45) is 5.29. The van der Waals surface area contributed by atoms with Crippen LogP contribution in [0.15, 0.2) is 166 Å². The maximum atomic E-state index is 4.91. The van der Waals surface area contributed by atoms with Gasteiger partial charge in [0, 0.05) is 23.1 Å². The number of hydrogen-bond donors (Lipinski definition) is 1. The normalized spacial score (nSPS) is 13.2. The van der Waals surface area contributed by atoms with Crippen molar-refractivity contribution in [2.24, 2.45) is 20.0 Å². The zero-order valence-electron chi connectivity index (χ0n) is 26.2. The van der Waals surface area contributed by atoms with E-state index in [1.165, 1.54) is 11.1 Å². The molecule has 5 nitrogen and oxygen atoms in total. The molecule has 0 aromatic heterocycles. The lowest BCUT2D eigenvalue weighted by molar-refractivity contribution is 0.589. The summed E-state index contributed by atoms with van der Waals surface area (Å²) in [5, 5.41) is 3.43. The highest BCUT2D eigenvalue weighted by atomic mass is 15.1. The van der Waals surface area contributed by atoms with Crippen LogP contribution in [0.5, 0.6) is 0 Å². The van der Waals surface area contributed by atoms with E-state index in [0.29, 0.717) is 24.8 Å². The van der Waals surface area contributed by atoms with E-state index in [-0.39, 0.29) is 11.6 Å². The summed E-state index contributed by atoms with van der Waals surface area (Å²) in [6.45, 7) is 20.8. The van der Waals surface area contributed by atoms with Gasteiger partial charge >= 0.3 is 0 Å². The van der Waals surface area contributed by atoms with Gasteiger partial charge in [0.05, 0.1) is 6.54 Å². The van der Waals surface area contributed by atoms with Gasteiger partial charge < -0.3 is 0 Å². The van der Waals surface area contributed by atoms with E-state index in [0.717, 1.165) is 27.8 Å². The minimum absolute atomic E-state index is 0.201. The van der Waals surface area contributed by atoms with E-state index in [1.54, 1.807) is 6.08 Å². The molecule has 0 aliphatic rings.